The molecule has 0 spiro atoms. The standard InChI is InChI=1S/C48H51N11O4/c1-7-38-30(5)36(12-14-51-38)31-8-11-41-32(21-31)23-42(58(41)48(24-29(48)4)45-52-46(61)63-54-45)44(60)55-15-13-40-37(26-55)43(59(53-40)35-19-27(2)18-28(3)20-35)57-17-16-56(47(57)62)34-9-10-39(50-6)33(22-34)25-49/h8-12,14,18-23,25,29,46,49-50,61H,7,13,15-17,24,26H2,1-6H3,(H,52,54)/t29-,46?,48-/m0/s1. The average Bonchev–Trinajstić information content (AvgIpc) is 3.76. The third-order valence-electron chi connectivity index (χ3n) is 13.3. The van der Waals surface area contributed by atoms with Crippen molar-refractivity contribution in [3.63, 3.8) is 0 Å². The number of carbonyl (C=O) groups is 2. The highest BCUT2D eigenvalue weighted by molar-refractivity contribution is 6.07. The molecule has 3 aliphatic heterocycles. The number of nitrogens with zero attached hydrogens (tertiary/aromatic N) is 8. The Morgan fingerprint density at radius 2 is 1.79 bits per heavy atom. The molecule has 0 bridgehead atoms. The second-order valence-corrected chi connectivity index (χ2v) is 17.2. The SMILES string of the molecule is CCc1nccc(-c2ccc3c(c2)cc(C(=O)N2CCc4nn(-c5cc(C)cc(C)c5)c(N5CCN(c6ccc(NC)c(C=N)c6)C5=O)c4C2)n3[C@@]2(C3=NOC(O)N3)C[C@@H]2C)c1C. The Labute approximate surface area is 365 Å². The number of oxime groups is 1. The van der Waals surface area contributed by atoms with E-state index in [2.05, 4.69) is 82.5 Å². The lowest BCUT2D eigenvalue weighted by molar-refractivity contribution is -0.0896. The second-order valence-electron chi connectivity index (χ2n) is 17.2. The van der Waals surface area contributed by atoms with E-state index in [0.29, 0.717) is 61.1 Å². The molecule has 1 unspecified atom stereocenters. The summed E-state index contributed by atoms with van der Waals surface area (Å²) in [6.07, 6.45) is 3.87. The number of pyridine rings is 1. The normalized spacial score (nSPS) is 20.5. The van der Waals surface area contributed by atoms with Gasteiger partial charge in [-0.25, -0.2) is 9.48 Å². The molecule has 6 aromatic rings. The van der Waals surface area contributed by atoms with Gasteiger partial charge in [0.15, 0.2) is 5.84 Å². The van der Waals surface area contributed by atoms with Crippen LogP contribution < -0.4 is 20.4 Å². The maximum Gasteiger partial charge on any atom is 0.330 e. The molecule has 4 N–H and O–H groups in total. The Balaban J connectivity index is 1.07. The number of hydrogen-bond donors (Lipinski definition) is 4. The smallest absolute Gasteiger partial charge is 0.330 e. The van der Waals surface area contributed by atoms with E-state index in [9.17, 15) is 9.90 Å². The number of nitrogens with one attached hydrogen (secondary N) is 3. The summed E-state index contributed by atoms with van der Waals surface area (Å²) >= 11 is 0. The molecule has 1 saturated heterocycles. The van der Waals surface area contributed by atoms with Crippen LogP contribution in [-0.2, 0) is 29.8 Å². The maximum absolute atomic E-state index is 15.4. The number of amidine groups is 1. The van der Waals surface area contributed by atoms with Crippen LogP contribution in [0.25, 0.3) is 27.7 Å². The van der Waals surface area contributed by atoms with Gasteiger partial charge in [0, 0.05) is 84.6 Å². The van der Waals surface area contributed by atoms with E-state index < -0.39 is 12.0 Å². The van der Waals surface area contributed by atoms with E-state index in [0.717, 1.165) is 73.5 Å². The van der Waals surface area contributed by atoms with Crippen molar-refractivity contribution < 1.29 is 19.5 Å². The van der Waals surface area contributed by atoms with E-state index in [1.54, 1.807) is 9.80 Å². The van der Waals surface area contributed by atoms with E-state index in [1.165, 1.54) is 6.21 Å². The molecule has 3 atom stereocenters. The molecule has 15 heteroatoms. The van der Waals surface area contributed by atoms with Gasteiger partial charge in [-0.1, -0.05) is 31.1 Å². The lowest BCUT2D eigenvalue weighted by atomic mass is 9.98. The summed E-state index contributed by atoms with van der Waals surface area (Å²) in [7, 11) is 1.81. The number of rotatable bonds is 10. The van der Waals surface area contributed by atoms with E-state index >= 15 is 4.79 Å². The van der Waals surface area contributed by atoms with E-state index in [-0.39, 0.29) is 24.4 Å². The van der Waals surface area contributed by atoms with Gasteiger partial charge < -0.3 is 35.5 Å². The number of urea groups is 1. The number of hydrogen-bond acceptors (Lipinski definition) is 10. The highest BCUT2D eigenvalue weighted by atomic mass is 16.7. The van der Waals surface area contributed by atoms with E-state index in [4.69, 9.17) is 15.3 Å². The molecule has 1 aliphatic carbocycles. The molecule has 3 amide bonds. The summed E-state index contributed by atoms with van der Waals surface area (Å²) in [6.45, 7) is 11.9. The van der Waals surface area contributed by atoms with E-state index in [1.807, 2.05) is 67.0 Å². The molecule has 2 fully saturated rings. The fourth-order valence-corrected chi connectivity index (χ4v) is 10.1. The zero-order chi connectivity index (χ0) is 43.9. The van der Waals surface area contributed by atoms with Crippen LogP contribution in [0.2, 0.25) is 0 Å². The molecule has 4 aliphatic rings. The fourth-order valence-electron chi connectivity index (χ4n) is 10.1. The summed E-state index contributed by atoms with van der Waals surface area (Å²) in [6, 6.07) is 22.0. The number of aromatic nitrogens is 4. The minimum atomic E-state index is -1.28. The lowest BCUT2D eigenvalue weighted by Gasteiger charge is -2.30. The molecular weight excluding hydrogens is 795 g/mol. The van der Waals surface area contributed by atoms with Gasteiger partial charge in [-0.05, 0) is 122 Å². The highest BCUT2D eigenvalue weighted by Gasteiger charge is 2.61. The van der Waals surface area contributed by atoms with Gasteiger partial charge in [-0.2, -0.15) is 5.10 Å². The highest BCUT2D eigenvalue weighted by Crippen LogP contribution is 2.54. The first-order chi connectivity index (χ1) is 30.4. The molecule has 3 aromatic heterocycles. The minimum Gasteiger partial charge on any atom is -0.388 e. The van der Waals surface area contributed by atoms with Crippen molar-refractivity contribution in [2.45, 2.75) is 72.4 Å². The van der Waals surface area contributed by atoms with Crippen molar-refractivity contribution in [2.24, 2.45) is 11.1 Å². The van der Waals surface area contributed by atoms with Crippen LogP contribution >= 0.6 is 0 Å². The Morgan fingerprint density at radius 3 is 2.49 bits per heavy atom. The third kappa shape index (κ3) is 6.43. The molecule has 1 saturated carbocycles. The number of aliphatic hydroxyl groups excluding tert-OH is 1. The number of amides is 3. The number of carbonyl (C=O) groups excluding carboxylic acids is 2. The van der Waals surface area contributed by atoms with Gasteiger partial charge in [0.1, 0.15) is 17.1 Å². The Kier molecular flexibility index (Phi) is 9.62. The topological polar surface area (TPSA) is 169 Å². The number of anilines is 3. The van der Waals surface area contributed by atoms with Crippen molar-refractivity contribution in [3.05, 3.63) is 118 Å². The van der Waals surface area contributed by atoms with Crippen molar-refractivity contribution >= 4 is 52.1 Å². The molecule has 6 heterocycles. The summed E-state index contributed by atoms with van der Waals surface area (Å²) < 4.78 is 3.98. The number of fused-ring (bicyclic) bond motifs is 2. The second kappa shape index (κ2) is 15.1. The average molecular weight is 846 g/mol. The molecule has 63 heavy (non-hydrogen) atoms. The number of benzene rings is 3. The summed E-state index contributed by atoms with van der Waals surface area (Å²) in [4.78, 5) is 45.3. The Bertz CT molecular complexity index is 2890. The molecule has 3 aromatic carbocycles. The largest absolute Gasteiger partial charge is 0.388 e. The van der Waals surface area contributed by atoms with Gasteiger partial charge in [-0.15, -0.1) is 0 Å². The summed E-state index contributed by atoms with van der Waals surface area (Å²) in [5, 5.41) is 34.9. The van der Waals surface area contributed by atoms with Crippen molar-refractivity contribution in [3.8, 4) is 16.8 Å². The molecule has 322 valence electrons. The zero-order valence-electron chi connectivity index (χ0n) is 36.4. The first-order valence-corrected chi connectivity index (χ1v) is 21.6. The summed E-state index contributed by atoms with van der Waals surface area (Å²) in [5.74, 6) is 1.05. The maximum atomic E-state index is 15.4. The van der Waals surface area contributed by atoms with Gasteiger partial charge in [-0.3, -0.25) is 19.6 Å². The predicted octanol–water partition coefficient (Wildman–Crippen LogP) is 7.01. The Morgan fingerprint density at radius 1 is 1.02 bits per heavy atom. The molecule has 0 radical (unpaired) electrons. The van der Waals surface area contributed by atoms with Crippen molar-refractivity contribution in [2.75, 3.05) is 41.8 Å². The summed E-state index contributed by atoms with van der Waals surface area (Å²) in [5.41, 5.74) is 11.8. The predicted molar refractivity (Wildman–Crippen MR) is 244 cm³/mol. The van der Waals surface area contributed by atoms with Crippen LogP contribution in [0.5, 0.6) is 0 Å². The fraction of sp³-hybridized carbons (Fsp3) is 0.333. The van der Waals surface area contributed by atoms with Gasteiger partial charge >= 0.3 is 12.4 Å². The van der Waals surface area contributed by atoms with Gasteiger partial charge in [0.25, 0.3) is 5.91 Å². The molecular formula is C48H51N11O4. The van der Waals surface area contributed by atoms with Crippen molar-refractivity contribution in [1.82, 2.24) is 29.5 Å². The Hall–Kier alpha value is -7.00. The zero-order valence-corrected chi connectivity index (χ0v) is 36.4. The molecule has 10 rings (SSSR count). The number of aliphatic hydroxyl groups is 1. The van der Waals surface area contributed by atoms with Crippen LogP contribution in [0.15, 0.2) is 78.1 Å². The van der Waals surface area contributed by atoms with Crippen molar-refractivity contribution in [1.29, 1.82) is 5.41 Å². The van der Waals surface area contributed by atoms with Gasteiger partial charge in [0.05, 0.1) is 17.9 Å². The lowest BCUT2D eigenvalue weighted by Crippen LogP contribution is -2.44. The number of aryl methyl sites for hydroxylation is 3. The minimum absolute atomic E-state index is 0.0817. The van der Waals surface area contributed by atoms with Crippen LogP contribution in [-0.4, -0.2) is 86.4 Å². The first kappa shape index (κ1) is 40.1. The quantitative estimate of drug-likeness (QED) is 0.107. The monoisotopic (exact) mass is 845 g/mol. The van der Waals surface area contributed by atoms with Crippen LogP contribution in [0, 0.1) is 32.1 Å². The third-order valence-corrected chi connectivity index (χ3v) is 13.3. The van der Waals surface area contributed by atoms with Crippen LogP contribution in [0.4, 0.5) is 22.0 Å². The molecule has 15 nitrogen and oxygen atoms in total. The van der Waals surface area contributed by atoms with Crippen LogP contribution in [0.3, 0.4) is 0 Å². The van der Waals surface area contributed by atoms with Crippen LogP contribution in [0.1, 0.15) is 70.0 Å². The van der Waals surface area contributed by atoms with Gasteiger partial charge in [0.2, 0.25) is 0 Å². The first-order valence-electron chi connectivity index (χ1n) is 21.6.